The van der Waals surface area contributed by atoms with Gasteiger partial charge in [0.1, 0.15) is 0 Å². The molecule has 4 atom stereocenters. The molecule has 0 bridgehead atoms. The Kier molecular flexibility index (Phi) is 6.48. The number of carbonyl (C=O) groups excluding carboxylic acids is 1. The maximum Gasteiger partial charge on any atom is 0.227 e. The molecule has 2 N–H and O–H groups in total. The largest absolute Gasteiger partial charge is 0.378 e. The minimum absolute atomic E-state index is 0. The summed E-state index contributed by atoms with van der Waals surface area (Å²) in [6, 6.07) is 9.70. The highest BCUT2D eigenvalue weighted by Gasteiger charge is 2.60. The first-order valence-electron chi connectivity index (χ1n) is 8.28. The van der Waals surface area contributed by atoms with Crippen LogP contribution in [0.2, 0.25) is 0 Å². The molecule has 1 aromatic carbocycles. The third kappa shape index (κ3) is 3.32. The summed E-state index contributed by atoms with van der Waals surface area (Å²) in [5.74, 6) is -0.162. The van der Waals surface area contributed by atoms with Crippen molar-refractivity contribution in [1.82, 2.24) is 4.90 Å². The van der Waals surface area contributed by atoms with Crippen LogP contribution >= 0.6 is 12.4 Å². The van der Waals surface area contributed by atoms with E-state index in [9.17, 15) is 4.79 Å². The summed E-state index contributed by atoms with van der Waals surface area (Å²) in [5.41, 5.74) is 7.04. The highest BCUT2D eigenvalue weighted by molar-refractivity contribution is 5.85. The molecule has 24 heavy (non-hydrogen) atoms. The van der Waals surface area contributed by atoms with Crippen molar-refractivity contribution in [3.63, 3.8) is 0 Å². The van der Waals surface area contributed by atoms with Gasteiger partial charge in [-0.05, 0) is 18.9 Å². The monoisotopic (exact) mass is 354 g/mol. The molecule has 136 valence electrons. The van der Waals surface area contributed by atoms with Crippen LogP contribution in [0.25, 0.3) is 0 Å². The quantitative estimate of drug-likeness (QED) is 0.881. The van der Waals surface area contributed by atoms with Crippen molar-refractivity contribution >= 4 is 18.3 Å². The molecule has 1 aromatic rings. The van der Waals surface area contributed by atoms with Gasteiger partial charge in [0, 0.05) is 31.7 Å². The number of carbonyl (C=O) groups is 1. The zero-order chi connectivity index (χ0) is 17.4. The lowest BCUT2D eigenvalue weighted by atomic mass is 9.55. The smallest absolute Gasteiger partial charge is 0.227 e. The van der Waals surface area contributed by atoms with Crippen LogP contribution in [-0.4, -0.2) is 36.6 Å². The molecule has 0 heterocycles. The van der Waals surface area contributed by atoms with Crippen molar-refractivity contribution in [3.05, 3.63) is 35.9 Å². The van der Waals surface area contributed by atoms with Crippen molar-refractivity contribution in [3.8, 4) is 0 Å². The lowest BCUT2D eigenvalue weighted by Gasteiger charge is -2.61. The summed E-state index contributed by atoms with van der Waals surface area (Å²) < 4.78 is 5.66. The Hall–Kier alpha value is -1.10. The van der Waals surface area contributed by atoms with Gasteiger partial charge in [-0.3, -0.25) is 4.79 Å². The van der Waals surface area contributed by atoms with Crippen LogP contribution in [0.3, 0.4) is 0 Å². The molecule has 1 saturated carbocycles. The van der Waals surface area contributed by atoms with Crippen LogP contribution < -0.4 is 5.73 Å². The summed E-state index contributed by atoms with van der Waals surface area (Å²) in [5, 5.41) is 0. The molecular weight excluding hydrogens is 324 g/mol. The SMILES string of the molecule is COC1(C)CC(N(C)C(=O)C(C)C(N)c2ccccc2)C1(C)C.Cl. The molecule has 0 saturated heterocycles. The van der Waals surface area contributed by atoms with Gasteiger partial charge >= 0.3 is 0 Å². The summed E-state index contributed by atoms with van der Waals surface area (Å²) in [6.45, 7) is 8.35. The number of methoxy groups -OCH3 is 1. The van der Waals surface area contributed by atoms with Gasteiger partial charge in [0.15, 0.2) is 0 Å². The van der Waals surface area contributed by atoms with E-state index in [1.807, 2.05) is 49.2 Å². The number of benzene rings is 1. The molecule has 1 aliphatic carbocycles. The van der Waals surface area contributed by atoms with E-state index in [1.54, 1.807) is 7.11 Å². The van der Waals surface area contributed by atoms with E-state index >= 15 is 0 Å². The predicted octanol–water partition coefficient (Wildman–Crippen LogP) is 3.41. The number of nitrogens with zero attached hydrogens (tertiary/aromatic N) is 1. The number of nitrogens with two attached hydrogens (primary N) is 1. The molecule has 1 fully saturated rings. The van der Waals surface area contributed by atoms with E-state index in [0.717, 1.165) is 12.0 Å². The normalized spacial score (nSPS) is 27.4. The van der Waals surface area contributed by atoms with Crippen molar-refractivity contribution in [2.75, 3.05) is 14.2 Å². The molecule has 0 aliphatic heterocycles. The molecule has 5 heteroatoms. The third-order valence-corrected chi connectivity index (χ3v) is 6.16. The van der Waals surface area contributed by atoms with Crippen LogP contribution in [0, 0.1) is 11.3 Å². The van der Waals surface area contributed by atoms with E-state index in [-0.39, 0.29) is 47.3 Å². The fourth-order valence-electron chi connectivity index (χ4n) is 3.67. The second-order valence-electron chi connectivity index (χ2n) is 7.55. The number of ether oxygens (including phenoxy) is 1. The number of rotatable bonds is 5. The van der Waals surface area contributed by atoms with Crippen LogP contribution in [0.5, 0.6) is 0 Å². The fourth-order valence-corrected chi connectivity index (χ4v) is 3.67. The summed E-state index contributed by atoms with van der Waals surface area (Å²) in [6.07, 6.45) is 0.853. The van der Waals surface area contributed by atoms with Crippen molar-refractivity contribution < 1.29 is 9.53 Å². The van der Waals surface area contributed by atoms with Crippen LogP contribution in [0.4, 0.5) is 0 Å². The van der Waals surface area contributed by atoms with E-state index in [0.29, 0.717) is 0 Å². The Morgan fingerprint density at radius 2 is 1.83 bits per heavy atom. The zero-order valence-electron chi connectivity index (χ0n) is 15.6. The molecule has 4 nitrogen and oxygen atoms in total. The van der Waals surface area contributed by atoms with E-state index < -0.39 is 0 Å². The van der Waals surface area contributed by atoms with Gasteiger partial charge in [0.25, 0.3) is 0 Å². The first-order chi connectivity index (χ1) is 10.7. The topological polar surface area (TPSA) is 55.6 Å². The first kappa shape index (κ1) is 20.9. The van der Waals surface area contributed by atoms with Gasteiger partial charge in [-0.1, -0.05) is 51.1 Å². The maximum atomic E-state index is 12.9. The Bertz CT molecular complexity index is 564. The van der Waals surface area contributed by atoms with Gasteiger partial charge in [0.05, 0.1) is 11.5 Å². The Morgan fingerprint density at radius 1 is 1.29 bits per heavy atom. The molecule has 2 rings (SSSR count). The van der Waals surface area contributed by atoms with Gasteiger partial charge in [-0.25, -0.2) is 0 Å². The highest BCUT2D eigenvalue weighted by Crippen LogP contribution is 2.53. The summed E-state index contributed by atoms with van der Waals surface area (Å²) in [7, 11) is 3.63. The molecule has 0 radical (unpaired) electrons. The highest BCUT2D eigenvalue weighted by atomic mass is 35.5. The van der Waals surface area contributed by atoms with Gasteiger partial charge in [-0.15, -0.1) is 12.4 Å². The van der Waals surface area contributed by atoms with E-state index in [4.69, 9.17) is 10.5 Å². The minimum Gasteiger partial charge on any atom is -0.378 e. The van der Waals surface area contributed by atoms with Crippen LogP contribution in [0.1, 0.15) is 45.7 Å². The third-order valence-electron chi connectivity index (χ3n) is 6.16. The van der Waals surface area contributed by atoms with Crippen molar-refractivity contribution in [2.45, 2.75) is 51.8 Å². The molecule has 1 aliphatic rings. The number of hydrogen-bond donors (Lipinski definition) is 1. The van der Waals surface area contributed by atoms with Gasteiger partial charge < -0.3 is 15.4 Å². The maximum absolute atomic E-state index is 12.9. The van der Waals surface area contributed by atoms with E-state index in [1.165, 1.54) is 0 Å². The number of halogens is 1. The van der Waals surface area contributed by atoms with Crippen LogP contribution in [0.15, 0.2) is 30.3 Å². The average Bonchev–Trinajstić information content (AvgIpc) is 2.57. The standard InChI is InChI=1S/C19H30N2O2.ClH/c1-13(16(20)14-10-8-7-9-11-14)17(22)21(5)15-12-19(4,23-6)18(15,2)3;/h7-11,13,15-16H,12,20H2,1-6H3;1H. The van der Waals surface area contributed by atoms with Crippen molar-refractivity contribution in [1.29, 1.82) is 0 Å². The van der Waals surface area contributed by atoms with Crippen molar-refractivity contribution in [2.24, 2.45) is 17.1 Å². The molecule has 4 unspecified atom stereocenters. The molecule has 1 amide bonds. The second-order valence-corrected chi connectivity index (χ2v) is 7.55. The van der Waals surface area contributed by atoms with Gasteiger partial charge in [-0.2, -0.15) is 0 Å². The average molecular weight is 355 g/mol. The Balaban J connectivity index is 0.00000288. The summed E-state index contributed by atoms with van der Waals surface area (Å²) >= 11 is 0. The van der Waals surface area contributed by atoms with Crippen LogP contribution in [-0.2, 0) is 9.53 Å². The van der Waals surface area contributed by atoms with E-state index in [2.05, 4.69) is 20.8 Å². The number of hydrogen-bond acceptors (Lipinski definition) is 3. The second kappa shape index (κ2) is 7.42. The number of amides is 1. The Labute approximate surface area is 152 Å². The lowest BCUT2D eigenvalue weighted by molar-refractivity contribution is -0.208. The molecular formula is C19H31ClN2O2. The zero-order valence-corrected chi connectivity index (χ0v) is 16.4. The molecule has 0 aromatic heterocycles. The first-order valence-corrected chi connectivity index (χ1v) is 8.28. The minimum atomic E-state index is -0.289. The Morgan fingerprint density at radius 3 is 2.29 bits per heavy atom. The lowest BCUT2D eigenvalue weighted by Crippen LogP contribution is -2.69. The van der Waals surface area contributed by atoms with Gasteiger partial charge in [0.2, 0.25) is 5.91 Å². The predicted molar refractivity (Wildman–Crippen MR) is 100 cm³/mol. The molecule has 0 spiro atoms. The fraction of sp³-hybridized carbons (Fsp3) is 0.632. The summed E-state index contributed by atoms with van der Waals surface area (Å²) in [4.78, 5) is 14.8.